The van der Waals surface area contributed by atoms with E-state index in [1.807, 2.05) is 0 Å². The highest BCUT2D eigenvalue weighted by molar-refractivity contribution is 6.47. The number of halogens is 1. The van der Waals surface area contributed by atoms with Crippen molar-refractivity contribution in [3.63, 3.8) is 0 Å². The van der Waals surface area contributed by atoms with Crippen molar-refractivity contribution in [3.05, 3.63) is 45.6 Å². The first-order valence-electron chi connectivity index (χ1n) is 6.52. The molecule has 0 saturated heterocycles. The second-order valence-corrected chi connectivity index (χ2v) is 4.47. The number of aromatic nitrogens is 1. The summed E-state index contributed by atoms with van der Waals surface area (Å²) in [4.78, 5) is 29.0. The number of hydrazone groups is 1. The van der Waals surface area contributed by atoms with Gasteiger partial charge in [-0.25, -0.2) is 4.39 Å². The van der Waals surface area contributed by atoms with Crippen LogP contribution in [0.2, 0.25) is 0 Å². The van der Waals surface area contributed by atoms with Crippen LogP contribution in [0.15, 0.2) is 38.8 Å². The summed E-state index contributed by atoms with van der Waals surface area (Å²) in [5.74, 6) is 3.64. The third kappa shape index (κ3) is 4.99. The van der Waals surface area contributed by atoms with Gasteiger partial charge in [0.1, 0.15) is 5.71 Å². The Balaban J connectivity index is 2.85. The summed E-state index contributed by atoms with van der Waals surface area (Å²) >= 11 is 0. The molecule has 9 heteroatoms. The SMILES string of the molecule is CN=C(/C=C(/C)C=N)C(CNC(=O)c1c[nH]c(=O)c(F)c1)=NN. The highest BCUT2D eigenvalue weighted by Crippen LogP contribution is 1.98. The lowest BCUT2D eigenvalue weighted by Crippen LogP contribution is -2.34. The first-order chi connectivity index (χ1) is 10.9. The molecule has 0 aromatic carbocycles. The summed E-state index contributed by atoms with van der Waals surface area (Å²) in [5, 5.41) is 13.2. The summed E-state index contributed by atoms with van der Waals surface area (Å²) in [7, 11) is 1.52. The minimum atomic E-state index is -1.05. The molecular formula is C14H17FN6O2. The summed E-state index contributed by atoms with van der Waals surface area (Å²) in [5.41, 5.74) is 0.368. The zero-order chi connectivity index (χ0) is 17.4. The third-order valence-corrected chi connectivity index (χ3v) is 2.82. The van der Waals surface area contributed by atoms with E-state index in [1.54, 1.807) is 13.0 Å². The van der Waals surface area contributed by atoms with Crippen LogP contribution in [0.4, 0.5) is 4.39 Å². The predicted octanol–water partition coefficient (Wildman–Crippen LogP) is 0.225. The van der Waals surface area contributed by atoms with Gasteiger partial charge in [-0.1, -0.05) is 0 Å². The Morgan fingerprint density at radius 1 is 1.57 bits per heavy atom. The number of H-pyrrole nitrogens is 1. The number of aromatic amines is 1. The minimum absolute atomic E-state index is 0.0420. The predicted molar refractivity (Wildman–Crippen MR) is 86.9 cm³/mol. The fraction of sp³-hybridized carbons (Fsp3) is 0.214. The maximum absolute atomic E-state index is 13.2. The van der Waals surface area contributed by atoms with Gasteiger partial charge in [0.15, 0.2) is 5.82 Å². The van der Waals surface area contributed by atoms with E-state index in [2.05, 4.69) is 20.4 Å². The van der Waals surface area contributed by atoms with Crippen molar-refractivity contribution in [2.24, 2.45) is 15.9 Å². The molecule has 0 aliphatic carbocycles. The lowest BCUT2D eigenvalue weighted by Gasteiger charge is -2.08. The zero-order valence-electron chi connectivity index (χ0n) is 12.7. The van der Waals surface area contributed by atoms with Crippen molar-refractivity contribution in [3.8, 4) is 0 Å². The van der Waals surface area contributed by atoms with E-state index in [9.17, 15) is 14.0 Å². The van der Waals surface area contributed by atoms with Crippen LogP contribution in [0.25, 0.3) is 0 Å². The minimum Gasteiger partial charge on any atom is -0.346 e. The van der Waals surface area contributed by atoms with Gasteiger partial charge in [0.05, 0.1) is 17.8 Å². The van der Waals surface area contributed by atoms with Gasteiger partial charge in [-0.05, 0) is 24.6 Å². The maximum Gasteiger partial charge on any atom is 0.283 e. The average molecular weight is 320 g/mol. The van der Waals surface area contributed by atoms with Crippen LogP contribution in [0.1, 0.15) is 17.3 Å². The molecule has 0 aliphatic rings. The van der Waals surface area contributed by atoms with E-state index in [4.69, 9.17) is 11.3 Å². The lowest BCUT2D eigenvalue weighted by molar-refractivity contribution is 0.0958. The number of pyridine rings is 1. The Labute approximate surface area is 131 Å². The number of aliphatic imine (C=N–C) groups is 1. The summed E-state index contributed by atoms with van der Waals surface area (Å²) in [6.07, 6.45) is 3.83. The topological polar surface area (TPSA) is 137 Å². The van der Waals surface area contributed by atoms with Crippen LogP contribution in [0.5, 0.6) is 0 Å². The quantitative estimate of drug-likeness (QED) is 0.339. The summed E-state index contributed by atoms with van der Waals surface area (Å²) < 4.78 is 13.2. The Morgan fingerprint density at radius 3 is 2.78 bits per heavy atom. The molecule has 0 bridgehead atoms. The van der Waals surface area contributed by atoms with Gasteiger partial charge in [-0.2, -0.15) is 5.10 Å². The highest BCUT2D eigenvalue weighted by atomic mass is 19.1. The van der Waals surface area contributed by atoms with Crippen molar-refractivity contribution in [2.75, 3.05) is 13.6 Å². The normalized spacial score (nSPS) is 12.9. The molecule has 0 unspecified atom stereocenters. The first kappa shape index (κ1) is 18.0. The maximum atomic E-state index is 13.2. The second-order valence-electron chi connectivity index (χ2n) is 4.47. The number of nitrogens with two attached hydrogens (primary N) is 1. The molecule has 1 amide bonds. The zero-order valence-corrected chi connectivity index (χ0v) is 12.7. The van der Waals surface area contributed by atoms with Crippen LogP contribution >= 0.6 is 0 Å². The number of carbonyl (C=O) groups is 1. The van der Waals surface area contributed by atoms with E-state index in [0.717, 1.165) is 18.5 Å². The number of hydrogen-bond donors (Lipinski definition) is 4. The molecule has 1 aromatic rings. The Bertz CT molecular complexity index is 748. The second kappa shape index (κ2) is 8.37. The number of carbonyl (C=O) groups excluding carboxylic acids is 1. The summed E-state index contributed by atoms with van der Waals surface area (Å²) in [6.45, 7) is 1.65. The lowest BCUT2D eigenvalue weighted by atomic mass is 10.1. The third-order valence-electron chi connectivity index (χ3n) is 2.82. The Morgan fingerprint density at radius 2 is 2.26 bits per heavy atom. The molecule has 0 fully saturated rings. The smallest absolute Gasteiger partial charge is 0.283 e. The van der Waals surface area contributed by atoms with Crippen LogP contribution in [0.3, 0.4) is 0 Å². The Kier molecular flexibility index (Phi) is 6.53. The van der Waals surface area contributed by atoms with E-state index in [0.29, 0.717) is 11.3 Å². The van der Waals surface area contributed by atoms with Crippen molar-refractivity contribution in [2.45, 2.75) is 6.92 Å². The van der Waals surface area contributed by atoms with Gasteiger partial charge in [0, 0.05) is 19.5 Å². The van der Waals surface area contributed by atoms with E-state index in [1.165, 1.54) is 7.05 Å². The standard InChI is InChI=1S/C14H17FN6O2/c1-8(5-16)3-11(18-2)12(21-17)7-20-13(22)9-4-10(15)14(23)19-6-9/h3-6,16H,7,17H2,1-2H3,(H,19,23)(H,20,22)/b8-3-,16-5?,18-11?,21-12?. The molecule has 5 N–H and O–H groups in total. The number of allylic oxidation sites excluding steroid dienone is 2. The highest BCUT2D eigenvalue weighted by Gasteiger charge is 2.12. The molecule has 0 atom stereocenters. The molecule has 0 spiro atoms. The van der Waals surface area contributed by atoms with Gasteiger partial charge in [-0.3, -0.25) is 14.6 Å². The molecule has 1 rings (SSSR count). The molecule has 0 saturated carbocycles. The molecule has 1 heterocycles. The molecule has 23 heavy (non-hydrogen) atoms. The van der Waals surface area contributed by atoms with Crippen molar-refractivity contribution in [1.29, 1.82) is 5.41 Å². The van der Waals surface area contributed by atoms with Crippen molar-refractivity contribution < 1.29 is 9.18 Å². The van der Waals surface area contributed by atoms with E-state index in [-0.39, 0.29) is 17.8 Å². The largest absolute Gasteiger partial charge is 0.346 e. The van der Waals surface area contributed by atoms with Crippen LogP contribution in [0, 0.1) is 11.2 Å². The fourth-order valence-corrected chi connectivity index (χ4v) is 1.59. The van der Waals surface area contributed by atoms with Crippen molar-refractivity contribution in [1.82, 2.24) is 10.3 Å². The Hall–Kier alpha value is -3.10. The van der Waals surface area contributed by atoms with E-state index < -0.39 is 17.3 Å². The fourth-order valence-electron chi connectivity index (χ4n) is 1.59. The van der Waals surface area contributed by atoms with Gasteiger partial charge >= 0.3 is 0 Å². The van der Waals surface area contributed by atoms with Crippen molar-refractivity contribution >= 4 is 23.5 Å². The first-order valence-corrected chi connectivity index (χ1v) is 6.52. The molecule has 1 aromatic heterocycles. The van der Waals surface area contributed by atoms with Gasteiger partial charge < -0.3 is 21.6 Å². The molecular weight excluding hydrogens is 303 g/mol. The van der Waals surface area contributed by atoms with Gasteiger partial charge in [0.25, 0.3) is 11.5 Å². The monoisotopic (exact) mass is 320 g/mol. The number of nitrogens with zero attached hydrogens (tertiary/aromatic N) is 2. The molecule has 8 nitrogen and oxygen atoms in total. The summed E-state index contributed by atoms with van der Waals surface area (Å²) in [6, 6.07) is 0.835. The number of rotatable bonds is 6. The van der Waals surface area contributed by atoms with Gasteiger partial charge in [-0.15, -0.1) is 0 Å². The van der Waals surface area contributed by atoms with Crippen LogP contribution in [-0.4, -0.2) is 42.1 Å². The van der Waals surface area contributed by atoms with Crippen LogP contribution < -0.4 is 16.7 Å². The number of hydrogen-bond acceptors (Lipinski definition) is 6. The van der Waals surface area contributed by atoms with Gasteiger partial charge in [0.2, 0.25) is 0 Å². The number of amides is 1. The molecule has 122 valence electrons. The number of nitrogens with one attached hydrogen (secondary N) is 3. The average Bonchev–Trinajstić information content (AvgIpc) is 2.55. The molecule has 0 aliphatic heterocycles. The van der Waals surface area contributed by atoms with Crippen LogP contribution in [-0.2, 0) is 0 Å². The van der Waals surface area contributed by atoms with E-state index >= 15 is 0 Å². The molecule has 0 radical (unpaired) electrons.